The maximum atomic E-state index is 6.25. The standard InChI is InChI=1S/C13H16Cl3NS2/c1-8(17-6-9-7-18-4-5-19-9)10-2-3-11(14)13(16)12(10)15/h2-3,8-9,17H,4-7H2,1H3. The molecule has 1 aliphatic heterocycles. The summed E-state index contributed by atoms with van der Waals surface area (Å²) in [5.41, 5.74) is 1.00. The normalized spacial score (nSPS) is 21.4. The SMILES string of the molecule is CC(NCC1CSCCS1)c1ccc(Cl)c(Cl)c1Cl. The van der Waals surface area contributed by atoms with Crippen LogP contribution in [0.2, 0.25) is 15.1 Å². The lowest BCUT2D eigenvalue weighted by Gasteiger charge is -2.24. The molecule has 1 N–H and O–H groups in total. The zero-order chi connectivity index (χ0) is 13.8. The molecule has 0 radical (unpaired) electrons. The summed E-state index contributed by atoms with van der Waals surface area (Å²) in [6.07, 6.45) is 0. The molecule has 1 saturated heterocycles. The Kier molecular flexibility index (Phi) is 6.51. The summed E-state index contributed by atoms with van der Waals surface area (Å²) in [6, 6.07) is 3.92. The van der Waals surface area contributed by atoms with Gasteiger partial charge in [0, 0.05) is 35.1 Å². The molecule has 1 heterocycles. The number of hydrogen-bond acceptors (Lipinski definition) is 3. The number of benzene rings is 1. The summed E-state index contributed by atoms with van der Waals surface area (Å²) in [4.78, 5) is 0. The molecule has 19 heavy (non-hydrogen) atoms. The number of thioether (sulfide) groups is 2. The Morgan fingerprint density at radius 2 is 2.05 bits per heavy atom. The van der Waals surface area contributed by atoms with Crippen molar-refractivity contribution in [2.75, 3.05) is 23.8 Å². The molecular formula is C13H16Cl3NS2. The number of nitrogens with one attached hydrogen (secondary N) is 1. The second kappa shape index (κ2) is 7.67. The highest BCUT2D eigenvalue weighted by Crippen LogP contribution is 2.35. The second-order valence-corrected chi connectivity index (χ2v) is 8.18. The fraction of sp³-hybridized carbons (Fsp3) is 0.538. The first-order valence-electron chi connectivity index (χ1n) is 6.15. The lowest BCUT2D eigenvalue weighted by atomic mass is 10.1. The van der Waals surface area contributed by atoms with Crippen molar-refractivity contribution in [2.45, 2.75) is 18.2 Å². The molecule has 1 aromatic carbocycles. The average Bonchev–Trinajstić information content (AvgIpc) is 2.43. The zero-order valence-corrected chi connectivity index (χ0v) is 14.5. The van der Waals surface area contributed by atoms with E-state index in [1.807, 2.05) is 29.6 Å². The van der Waals surface area contributed by atoms with E-state index in [4.69, 9.17) is 34.8 Å². The van der Waals surface area contributed by atoms with Gasteiger partial charge in [-0.15, -0.1) is 0 Å². The van der Waals surface area contributed by atoms with E-state index in [-0.39, 0.29) is 6.04 Å². The first-order chi connectivity index (χ1) is 9.09. The quantitative estimate of drug-likeness (QED) is 0.750. The third kappa shape index (κ3) is 4.36. The van der Waals surface area contributed by atoms with Gasteiger partial charge in [0.1, 0.15) is 0 Å². The van der Waals surface area contributed by atoms with Crippen LogP contribution in [-0.4, -0.2) is 29.1 Å². The van der Waals surface area contributed by atoms with Crippen molar-refractivity contribution in [1.82, 2.24) is 5.32 Å². The molecule has 0 saturated carbocycles. The molecule has 1 fully saturated rings. The molecule has 1 aliphatic rings. The van der Waals surface area contributed by atoms with Gasteiger partial charge in [-0.05, 0) is 18.6 Å². The maximum Gasteiger partial charge on any atom is 0.0781 e. The molecular weight excluding hydrogens is 341 g/mol. The number of halogens is 3. The summed E-state index contributed by atoms with van der Waals surface area (Å²) < 4.78 is 0. The minimum Gasteiger partial charge on any atom is -0.309 e. The Hall–Kier alpha value is 0.750. The van der Waals surface area contributed by atoms with Gasteiger partial charge < -0.3 is 5.32 Å². The molecule has 0 amide bonds. The van der Waals surface area contributed by atoms with Crippen LogP contribution in [0.5, 0.6) is 0 Å². The van der Waals surface area contributed by atoms with Crippen molar-refractivity contribution >= 4 is 58.3 Å². The highest BCUT2D eigenvalue weighted by Gasteiger charge is 2.18. The monoisotopic (exact) mass is 355 g/mol. The van der Waals surface area contributed by atoms with Gasteiger partial charge in [-0.25, -0.2) is 0 Å². The van der Waals surface area contributed by atoms with Crippen LogP contribution in [-0.2, 0) is 0 Å². The molecule has 2 unspecified atom stereocenters. The minimum absolute atomic E-state index is 0.176. The minimum atomic E-state index is 0.176. The fourth-order valence-corrected chi connectivity index (χ4v) is 5.28. The number of rotatable bonds is 4. The van der Waals surface area contributed by atoms with Gasteiger partial charge >= 0.3 is 0 Å². The van der Waals surface area contributed by atoms with Gasteiger partial charge in [0.15, 0.2) is 0 Å². The smallest absolute Gasteiger partial charge is 0.0781 e. The van der Waals surface area contributed by atoms with Gasteiger partial charge in [0.2, 0.25) is 0 Å². The molecule has 0 aromatic heterocycles. The van der Waals surface area contributed by atoms with Gasteiger partial charge in [-0.3, -0.25) is 0 Å². The van der Waals surface area contributed by atoms with Crippen LogP contribution in [0.1, 0.15) is 18.5 Å². The van der Waals surface area contributed by atoms with Crippen LogP contribution in [0.15, 0.2) is 12.1 Å². The van der Waals surface area contributed by atoms with Crippen LogP contribution < -0.4 is 5.32 Å². The van der Waals surface area contributed by atoms with Crippen molar-refractivity contribution in [3.63, 3.8) is 0 Å². The highest BCUT2D eigenvalue weighted by molar-refractivity contribution is 8.06. The van der Waals surface area contributed by atoms with Crippen molar-refractivity contribution in [3.05, 3.63) is 32.8 Å². The fourth-order valence-electron chi connectivity index (χ4n) is 1.95. The van der Waals surface area contributed by atoms with E-state index < -0.39 is 0 Å². The van der Waals surface area contributed by atoms with E-state index in [0.29, 0.717) is 20.3 Å². The molecule has 0 spiro atoms. The highest BCUT2D eigenvalue weighted by atomic mass is 35.5. The first kappa shape index (κ1) is 16.1. The average molecular weight is 357 g/mol. The maximum absolute atomic E-state index is 6.25. The van der Waals surface area contributed by atoms with E-state index in [1.54, 1.807) is 6.07 Å². The van der Waals surface area contributed by atoms with E-state index in [9.17, 15) is 0 Å². The summed E-state index contributed by atoms with van der Waals surface area (Å²) >= 11 is 22.4. The van der Waals surface area contributed by atoms with E-state index in [1.165, 1.54) is 17.3 Å². The largest absolute Gasteiger partial charge is 0.309 e. The van der Waals surface area contributed by atoms with Gasteiger partial charge in [-0.1, -0.05) is 40.9 Å². The molecule has 106 valence electrons. The Morgan fingerprint density at radius 1 is 1.26 bits per heavy atom. The predicted molar refractivity (Wildman–Crippen MR) is 91.5 cm³/mol. The Labute approximate surface area is 138 Å². The number of hydrogen-bond donors (Lipinski definition) is 1. The Balaban J connectivity index is 1.95. The topological polar surface area (TPSA) is 12.0 Å². The van der Waals surface area contributed by atoms with E-state index >= 15 is 0 Å². The summed E-state index contributed by atoms with van der Waals surface area (Å²) in [5, 5.41) is 5.72. The molecule has 6 heteroatoms. The van der Waals surface area contributed by atoms with Crippen molar-refractivity contribution in [3.8, 4) is 0 Å². The lowest BCUT2D eigenvalue weighted by molar-refractivity contribution is 0.577. The first-order valence-corrected chi connectivity index (χ1v) is 9.49. The third-order valence-corrected chi connectivity index (χ3v) is 7.22. The Bertz CT molecular complexity index is 436. The van der Waals surface area contributed by atoms with Crippen LogP contribution in [0, 0.1) is 0 Å². The second-order valence-electron chi connectivity index (χ2n) is 4.46. The van der Waals surface area contributed by atoms with Crippen molar-refractivity contribution in [1.29, 1.82) is 0 Å². The lowest BCUT2D eigenvalue weighted by Crippen LogP contribution is -2.31. The predicted octanol–water partition coefficient (Wildman–Crippen LogP) is 5.15. The van der Waals surface area contributed by atoms with Crippen LogP contribution in [0.25, 0.3) is 0 Å². The van der Waals surface area contributed by atoms with Gasteiger partial charge in [-0.2, -0.15) is 23.5 Å². The van der Waals surface area contributed by atoms with E-state index in [0.717, 1.165) is 12.1 Å². The molecule has 0 aliphatic carbocycles. The molecule has 2 rings (SSSR count). The van der Waals surface area contributed by atoms with Crippen LogP contribution in [0.4, 0.5) is 0 Å². The molecule has 2 atom stereocenters. The van der Waals surface area contributed by atoms with Crippen molar-refractivity contribution in [2.24, 2.45) is 0 Å². The van der Waals surface area contributed by atoms with Crippen LogP contribution >= 0.6 is 58.3 Å². The molecule has 0 bridgehead atoms. The summed E-state index contributed by atoms with van der Waals surface area (Å²) in [6.45, 7) is 3.10. The summed E-state index contributed by atoms with van der Waals surface area (Å²) in [7, 11) is 0. The van der Waals surface area contributed by atoms with E-state index in [2.05, 4.69) is 12.2 Å². The molecule has 1 nitrogen and oxygen atoms in total. The van der Waals surface area contributed by atoms with Gasteiger partial charge in [0.05, 0.1) is 15.1 Å². The summed E-state index contributed by atoms with van der Waals surface area (Å²) in [5.74, 6) is 3.74. The van der Waals surface area contributed by atoms with Crippen molar-refractivity contribution < 1.29 is 0 Å². The molecule has 1 aromatic rings. The van der Waals surface area contributed by atoms with Gasteiger partial charge in [0.25, 0.3) is 0 Å². The third-order valence-electron chi connectivity index (χ3n) is 3.07. The zero-order valence-electron chi connectivity index (χ0n) is 10.6. The Morgan fingerprint density at radius 3 is 2.74 bits per heavy atom. The van der Waals surface area contributed by atoms with Crippen LogP contribution in [0.3, 0.4) is 0 Å².